The van der Waals surface area contributed by atoms with Gasteiger partial charge < -0.3 is 5.11 Å². The number of halogens is 5. The lowest BCUT2D eigenvalue weighted by molar-refractivity contribution is -0.137. The molecule has 2 heterocycles. The van der Waals surface area contributed by atoms with Gasteiger partial charge in [0, 0.05) is 22.4 Å². The third-order valence-corrected chi connectivity index (χ3v) is 7.13. The Bertz CT molecular complexity index is 1280. The topological polar surface area (TPSA) is 76.7 Å². The predicted molar refractivity (Wildman–Crippen MR) is 116 cm³/mol. The highest BCUT2D eigenvalue weighted by Crippen LogP contribution is 2.40. The fourth-order valence-electron chi connectivity index (χ4n) is 3.29. The van der Waals surface area contributed by atoms with E-state index in [1.807, 2.05) is 0 Å². The van der Waals surface area contributed by atoms with Gasteiger partial charge in [0.15, 0.2) is 10.2 Å². The molecule has 2 aromatic heterocycles. The largest absolute Gasteiger partial charge is 0.416 e. The van der Waals surface area contributed by atoms with Crippen molar-refractivity contribution in [1.29, 1.82) is 0 Å². The standard InChI is InChI=1S/C21H16F5N5OS2/c1-12(20(32,9-31-11-27-10-28-31)16-6-5-15(22)8-17(16)23)33-19-29-18(30-34-19)13-3-2-4-14(7-13)21(24,25)26/h2-8,10-12,32H,9H2,1H3. The highest BCUT2D eigenvalue weighted by Gasteiger charge is 2.40. The molecule has 0 saturated carbocycles. The SMILES string of the molecule is CC(Sc1nc(-c2cccc(C(F)(F)F)c2)ns1)C(O)(Cn1cncn1)c1ccc(F)cc1F. The number of thioether (sulfide) groups is 1. The molecule has 0 saturated heterocycles. The van der Waals surface area contributed by atoms with Crippen molar-refractivity contribution in [3.8, 4) is 11.4 Å². The van der Waals surface area contributed by atoms with E-state index in [4.69, 9.17) is 0 Å². The molecule has 0 aliphatic rings. The summed E-state index contributed by atoms with van der Waals surface area (Å²) in [5.74, 6) is -1.63. The minimum atomic E-state index is -4.50. The molecule has 0 aliphatic carbocycles. The predicted octanol–water partition coefficient (Wildman–Crippen LogP) is 5.16. The zero-order valence-corrected chi connectivity index (χ0v) is 19.0. The minimum Gasteiger partial charge on any atom is -0.382 e. The van der Waals surface area contributed by atoms with E-state index in [1.165, 1.54) is 29.5 Å². The molecule has 0 spiro atoms. The molecule has 4 aromatic rings. The first-order valence-electron chi connectivity index (χ1n) is 9.74. The van der Waals surface area contributed by atoms with Gasteiger partial charge in [-0.25, -0.2) is 23.4 Å². The Morgan fingerprint density at radius 3 is 2.62 bits per heavy atom. The molecule has 6 nitrogen and oxygen atoms in total. The smallest absolute Gasteiger partial charge is 0.382 e. The fourth-order valence-corrected chi connectivity index (χ4v) is 5.29. The molecular formula is C21H16F5N5OS2. The first kappa shape index (κ1) is 24.2. The number of benzene rings is 2. The fraction of sp³-hybridized carbons (Fsp3) is 0.238. The Labute approximate surface area is 198 Å². The Morgan fingerprint density at radius 1 is 1.15 bits per heavy atom. The number of alkyl halides is 3. The summed E-state index contributed by atoms with van der Waals surface area (Å²) < 4.78 is 73.0. The van der Waals surface area contributed by atoms with Gasteiger partial charge in [-0.1, -0.05) is 30.0 Å². The molecular weight excluding hydrogens is 497 g/mol. The summed E-state index contributed by atoms with van der Waals surface area (Å²) in [6, 6.07) is 7.51. The zero-order chi connectivity index (χ0) is 24.5. The molecule has 0 radical (unpaired) electrons. The second-order valence-corrected chi connectivity index (χ2v) is 9.70. The van der Waals surface area contributed by atoms with Crippen LogP contribution in [-0.4, -0.2) is 34.5 Å². The third kappa shape index (κ3) is 5.10. The maximum Gasteiger partial charge on any atom is 0.416 e. The van der Waals surface area contributed by atoms with Crippen LogP contribution in [0, 0.1) is 11.6 Å². The summed E-state index contributed by atoms with van der Waals surface area (Å²) in [5.41, 5.74) is -2.64. The summed E-state index contributed by atoms with van der Waals surface area (Å²) in [6.45, 7) is 1.43. The van der Waals surface area contributed by atoms with Crippen molar-refractivity contribution in [3.63, 3.8) is 0 Å². The summed E-state index contributed by atoms with van der Waals surface area (Å²) in [4.78, 5) is 8.11. The number of aliphatic hydroxyl groups is 1. The first-order chi connectivity index (χ1) is 16.1. The average molecular weight is 514 g/mol. The quantitative estimate of drug-likeness (QED) is 0.272. The van der Waals surface area contributed by atoms with Crippen LogP contribution in [0.15, 0.2) is 59.5 Å². The van der Waals surface area contributed by atoms with Crippen molar-refractivity contribution in [3.05, 3.63) is 77.9 Å². The molecule has 1 N–H and O–H groups in total. The van der Waals surface area contributed by atoms with E-state index in [1.54, 1.807) is 6.92 Å². The first-order valence-corrected chi connectivity index (χ1v) is 11.4. The summed E-state index contributed by atoms with van der Waals surface area (Å²) in [7, 11) is 0. The van der Waals surface area contributed by atoms with Gasteiger partial charge in [-0.15, -0.1) is 0 Å². The van der Waals surface area contributed by atoms with E-state index in [0.717, 1.165) is 47.6 Å². The van der Waals surface area contributed by atoms with Crippen LogP contribution in [0.4, 0.5) is 22.0 Å². The van der Waals surface area contributed by atoms with Gasteiger partial charge in [-0.05, 0) is 36.7 Å². The summed E-state index contributed by atoms with van der Waals surface area (Å²) >= 11 is 1.99. The van der Waals surface area contributed by atoms with Crippen molar-refractivity contribution in [2.75, 3.05) is 0 Å². The maximum atomic E-state index is 14.7. The summed E-state index contributed by atoms with van der Waals surface area (Å²) in [5, 5.41) is 14.8. The van der Waals surface area contributed by atoms with Gasteiger partial charge in [0.1, 0.15) is 29.9 Å². The number of hydrogen-bond donors (Lipinski definition) is 1. The normalized spacial score (nSPS) is 14.7. The van der Waals surface area contributed by atoms with Crippen LogP contribution in [0.3, 0.4) is 0 Å². The van der Waals surface area contributed by atoms with Crippen molar-refractivity contribution >= 4 is 23.3 Å². The van der Waals surface area contributed by atoms with E-state index in [0.29, 0.717) is 10.4 Å². The molecule has 0 bridgehead atoms. The number of hydrogen-bond acceptors (Lipinski definition) is 7. The highest BCUT2D eigenvalue weighted by atomic mass is 32.2. The Kier molecular flexibility index (Phi) is 6.69. The van der Waals surface area contributed by atoms with Crippen LogP contribution in [0.5, 0.6) is 0 Å². The van der Waals surface area contributed by atoms with E-state index in [9.17, 15) is 27.1 Å². The second kappa shape index (κ2) is 9.39. The molecule has 2 aromatic carbocycles. The molecule has 2 atom stereocenters. The molecule has 4 rings (SSSR count). The molecule has 0 aliphatic heterocycles. The molecule has 178 valence electrons. The molecule has 34 heavy (non-hydrogen) atoms. The summed E-state index contributed by atoms with van der Waals surface area (Å²) in [6.07, 6.45) is -1.90. The maximum absolute atomic E-state index is 14.7. The van der Waals surface area contributed by atoms with Crippen LogP contribution >= 0.6 is 23.3 Å². The van der Waals surface area contributed by atoms with Gasteiger partial charge in [-0.2, -0.15) is 22.6 Å². The van der Waals surface area contributed by atoms with Gasteiger partial charge >= 0.3 is 6.18 Å². The Balaban J connectivity index is 1.63. The van der Waals surface area contributed by atoms with Crippen LogP contribution in [0.2, 0.25) is 0 Å². The lowest BCUT2D eigenvalue weighted by Crippen LogP contribution is -2.41. The van der Waals surface area contributed by atoms with Crippen LogP contribution in [0.1, 0.15) is 18.1 Å². The molecule has 0 amide bonds. The monoisotopic (exact) mass is 513 g/mol. The molecule has 2 unspecified atom stereocenters. The van der Waals surface area contributed by atoms with Gasteiger partial charge in [0.05, 0.1) is 12.1 Å². The van der Waals surface area contributed by atoms with Crippen molar-refractivity contribution < 1.29 is 27.1 Å². The van der Waals surface area contributed by atoms with Crippen molar-refractivity contribution in [2.45, 2.75) is 34.8 Å². The van der Waals surface area contributed by atoms with Gasteiger partial charge in [-0.3, -0.25) is 0 Å². The Morgan fingerprint density at radius 2 is 1.94 bits per heavy atom. The van der Waals surface area contributed by atoms with E-state index in [2.05, 4.69) is 19.4 Å². The van der Waals surface area contributed by atoms with Crippen LogP contribution < -0.4 is 0 Å². The van der Waals surface area contributed by atoms with E-state index >= 15 is 0 Å². The number of rotatable bonds is 7. The van der Waals surface area contributed by atoms with Crippen LogP contribution in [0.25, 0.3) is 11.4 Å². The van der Waals surface area contributed by atoms with Crippen molar-refractivity contribution in [2.24, 2.45) is 0 Å². The zero-order valence-electron chi connectivity index (χ0n) is 17.4. The van der Waals surface area contributed by atoms with E-state index in [-0.39, 0.29) is 23.5 Å². The lowest BCUT2D eigenvalue weighted by atomic mass is 9.90. The molecule has 0 fully saturated rings. The number of aromatic nitrogens is 5. The number of nitrogens with zero attached hydrogens (tertiary/aromatic N) is 5. The lowest BCUT2D eigenvalue weighted by Gasteiger charge is -2.33. The van der Waals surface area contributed by atoms with Gasteiger partial charge in [0.2, 0.25) is 0 Å². The van der Waals surface area contributed by atoms with Gasteiger partial charge in [0.25, 0.3) is 0 Å². The third-order valence-electron chi connectivity index (χ3n) is 5.07. The van der Waals surface area contributed by atoms with E-state index < -0.39 is 34.2 Å². The van der Waals surface area contributed by atoms with Crippen molar-refractivity contribution in [1.82, 2.24) is 24.1 Å². The molecule has 13 heteroatoms. The average Bonchev–Trinajstić information content (AvgIpc) is 3.45. The minimum absolute atomic E-state index is 0.0959. The second-order valence-electron chi connectivity index (χ2n) is 7.36. The Hall–Kier alpha value is -2.90. The highest BCUT2D eigenvalue weighted by molar-refractivity contribution is 8.01. The van der Waals surface area contributed by atoms with Crippen LogP contribution in [-0.2, 0) is 18.3 Å².